The lowest BCUT2D eigenvalue weighted by molar-refractivity contribution is -0.149. The Labute approximate surface area is 163 Å². The van der Waals surface area contributed by atoms with Gasteiger partial charge in [-0.2, -0.15) is 13.2 Å². The van der Waals surface area contributed by atoms with Crippen molar-refractivity contribution in [1.29, 1.82) is 0 Å². The molecule has 0 saturated carbocycles. The number of amides is 1. The number of nitrogens with zero attached hydrogens (tertiary/aromatic N) is 4. The van der Waals surface area contributed by atoms with Crippen LogP contribution in [0.4, 0.5) is 17.6 Å². The van der Waals surface area contributed by atoms with Crippen LogP contribution in [-0.4, -0.2) is 51.5 Å². The highest BCUT2D eigenvalue weighted by atomic mass is 19.4. The molecular weight excluding hydrogens is 396 g/mol. The minimum Gasteiger partial charge on any atom is -0.466 e. The van der Waals surface area contributed by atoms with E-state index in [-0.39, 0.29) is 25.4 Å². The molecule has 1 saturated heterocycles. The number of esters is 1. The van der Waals surface area contributed by atoms with E-state index in [2.05, 4.69) is 10.3 Å². The third-order valence-electron chi connectivity index (χ3n) is 4.54. The summed E-state index contributed by atoms with van der Waals surface area (Å²) in [6, 6.07) is 4.16. The van der Waals surface area contributed by atoms with Crippen LogP contribution in [0.3, 0.4) is 0 Å². The van der Waals surface area contributed by atoms with Crippen molar-refractivity contribution < 1.29 is 31.9 Å². The van der Waals surface area contributed by atoms with Gasteiger partial charge in [-0.3, -0.25) is 9.59 Å². The maximum absolute atomic E-state index is 13.7. The highest BCUT2D eigenvalue weighted by Crippen LogP contribution is 2.33. The van der Waals surface area contributed by atoms with Gasteiger partial charge < -0.3 is 9.64 Å². The molecule has 1 atom stereocenters. The molecule has 156 valence electrons. The molecule has 1 aliphatic heterocycles. The van der Waals surface area contributed by atoms with Crippen LogP contribution in [0.5, 0.6) is 0 Å². The number of rotatable bonds is 4. The molecule has 7 nitrogen and oxygen atoms in total. The largest absolute Gasteiger partial charge is 0.466 e. The lowest BCUT2D eigenvalue weighted by Crippen LogP contribution is -2.43. The molecule has 1 aromatic heterocycles. The second kappa shape index (κ2) is 8.18. The smallest absolute Gasteiger partial charge is 0.435 e. The second-order valence-electron chi connectivity index (χ2n) is 6.52. The first-order valence-electron chi connectivity index (χ1n) is 8.97. The van der Waals surface area contributed by atoms with Gasteiger partial charge in [-0.1, -0.05) is 5.21 Å². The Hall–Kier alpha value is -2.98. The van der Waals surface area contributed by atoms with Gasteiger partial charge >= 0.3 is 12.1 Å². The van der Waals surface area contributed by atoms with Gasteiger partial charge in [-0.25, -0.2) is 9.07 Å². The predicted octanol–water partition coefficient (Wildman–Crippen LogP) is 2.84. The Morgan fingerprint density at radius 1 is 1.24 bits per heavy atom. The minimum absolute atomic E-state index is 0.0572. The van der Waals surface area contributed by atoms with E-state index in [9.17, 15) is 27.2 Å². The van der Waals surface area contributed by atoms with Crippen LogP contribution < -0.4 is 0 Å². The number of alkyl halides is 3. The summed E-state index contributed by atoms with van der Waals surface area (Å²) in [5, 5.41) is 6.92. The topological polar surface area (TPSA) is 77.3 Å². The first-order valence-corrected chi connectivity index (χ1v) is 8.97. The Balaban J connectivity index is 1.93. The molecule has 0 spiro atoms. The predicted molar refractivity (Wildman–Crippen MR) is 91.6 cm³/mol. The zero-order valence-electron chi connectivity index (χ0n) is 15.4. The van der Waals surface area contributed by atoms with E-state index in [0.29, 0.717) is 17.5 Å². The molecule has 0 aliphatic carbocycles. The summed E-state index contributed by atoms with van der Waals surface area (Å²) in [5.41, 5.74) is -2.31. The molecule has 1 fully saturated rings. The first-order chi connectivity index (χ1) is 13.7. The molecule has 11 heteroatoms. The molecule has 3 rings (SSSR count). The van der Waals surface area contributed by atoms with Gasteiger partial charge in [0.1, 0.15) is 5.82 Å². The normalized spacial score (nSPS) is 17.3. The van der Waals surface area contributed by atoms with Gasteiger partial charge in [0.25, 0.3) is 5.91 Å². The number of benzene rings is 1. The highest BCUT2D eigenvalue weighted by Gasteiger charge is 2.43. The van der Waals surface area contributed by atoms with Crippen molar-refractivity contribution in [3.05, 3.63) is 41.5 Å². The number of hydrogen-bond acceptors (Lipinski definition) is 5. The van der Waals surface area contributed by atoms with Crippen LogP contribution in [0.1, 0.15) is 35.9 Å². The average Bonchev–Trinajstić information content (AvgIpc) is 3.14. The number of likely N-dealkylation sites (tertiary alicyclic amines) is 1. The van der Waals surface area contributed by atoms with Gasteiger partial charge in [-0.15, -0.1) is 5.10 Å². The van der Waals surface area contributed by atoms with Crippen LogP contribution in [0.15, 0.2) is 24.3 Å². The highest BCUT2D eigenvalue weighted by molar-refractivity contribution is 5.94. The first kappa shape index (κ1) is 20.7. The molecule has 1 unspecified atom stereocenters. The summed E-state index contributed by atoms with van der Waals surface area (Å²) >= 11 is 0. The molecule has 0 N–H and O–H groups in total. The summed E-state index contributed by atoms with van der Waals surface area (Å²) in [6.07, 6.45) is -4.00. The van der Waals surface area contributed by atoms with Crippen LogP contribution in [0.25, 0.3) is 5.69 Å². The number of piperidine rings is 1. The third-order valence-corrected chi connectivity index (χ3v) is 4.54. The summed E-state index contributed by atoms with van der Waals surface area (Å²) < 4.78 is 59.7. The molecule has 0 radical (unpaired) electrons. The van der Waals surface area contributed by atoms with E-state index in [1.165, 1.54) is 0 Å². The van der Waals surface area contributed by atoms with E-state index in [1.807, 2.05) is 0 Å². The second-order valence-corrected chi connectivity index (χ2v) is 6.52. The van der Waals surface area contributed by atoms with Crippen molar-refractivity contribution in [3.8, 4) is 5.69 Å². The molecule has 1 amide bonds. The zero-order chi connectivity index (χ0) is 21.2. The summed E-state index contributed by atoms with van der Waals surface area (Å²) in [6.45, 7) is 1.95. The third kappa shape index (κ3) is 4.38. The zero-order valence-corrected chi connectivity index (χ0v) is 15.4. The van der Waals surface area contributed by atoms with Gasteiger partial charge in [0.15, 0.2) is 11.4 Å². The monoisotopic (exact) mass is 414 g/mol. The Morgan fingerprint density at radius 2 is 1.93 bits per heavy atom. The quantitative estimate of drug-likeness (QED) is 0.568. The van der Waals surface area contributed by atoms with Crippen molar-refractivity contribution in [2.24, 2.45) is 5.92 Å². The Morgan fingerprint density at radius 3 is 2.55 bits per heavy atom. The van der Waals surface area contributed by atoms with Crippen molar-refractivity contribution in [2.45, 2.75) is 25.9 Å². The minimum atomic E-state index is -4.93. The van der Waals surface area contributed by atoms with Crippen LogP contribution >= 0.6 is 0 Å². The average molecular weight is 414 g/mol. The lowest BCUT2D eigenvalue weighted by Gasteiger charge is -2.31. The van der Waals surface area contributed by atoms with E-state index < -0.39 is 41.2 Å². The van der Waals surface area contributed by atoms with E-state index >= 15 is 0 Å². The number of aromatic nitrogens is 3. The lowest BCUT2D eigenvalue weighted by atomic mass is 9.98. The van der Waals surface area contributed by atoms with E-state index in [0.717, 1.165) is 29.2 Å². The van der Waals surface area contributed by atoms with Gasteiger partial charge in [0.05, 0.1) is 18.2 Å². The van der Waals surface area contributed by atoms with Crippen molar-refractivity contribution in [2.75, 3.05) is 19.7 Å². The molecule has 1 aromatic carbocycles. The van der Waals surface area contributed by atoms with Gasteiger partial charge in [0.2, 0.25) is 0 Å². The standard InChI is InChI=1S/C18H18F4N4O3/c1-2-29-17(28)11-4-3-9-25(10-11)16(27)14-15(18(20,21)22)26(24-23-14)13-7-5-12(19)6-8-13/h5-8,11H,2-4,9-10H2,1H3. The molecular formula is C18H18F4N4O3. The van der Waals surface area contributed by atoms with Crippen LogP contribution in [0, 0.1) is 11.7 Å². The molecule has 1 aliphatic rings. The van der Waals surface area contributed by atoms with Gasteiger partial charge in [-0.05, 0) is 44.0 Å². The number of carbonyl (C=O) groups excluding carboxylic acids is 2. The molecule has 2 aromatic rings. The number of halogens is 4. The van der Waals surface area contributed by atoms with E-state index in [1.54, 1.807) is 6.92 Å². The Bertz CT molecular complexity index is 896. The molecule has 29 heavy (non-hydrogen) atoms. The van der Waals surface area contributed by atoms with Crippen LogP contribution in [0.2, 0.25) is 0 Å². The van der Waals surface area contributed by atoms with Crippen LogP contribution in [-0.2, 0) is 15.7 Å². The SMILES string of the molecule is CCOC(=O)C1CCCN(C(=O)c2nnn(-c3ccc(F)cc3)c2C(F)(F)F)C1. The van der Waals surface area contributed by atoms with Crippen molar-refractivity contribution >= 4 is 11.9 Å². The Kier molecular flexibility index (Phi) is 5.85. The summed E-state index contributed by atoms with van der Waals surface area (Å²) in [4.78, 5) is 25.9. The maximum Gasteiger partial charge on any atom is 0.435 e. The number of carbonyl (C=O) groups is 2. The van der Waals surface area contributed by atoms with Crippen molar-refractivity contribution in [3.63, 3.8) is 0 Å². The van der Waals surface area contributed by atoms with Crippen molar-refractivity contribution in [1.82, 2.24) is 19.9 Å². The fraction of sp³-hybridized carbons (Fsp3) is 0.444. The fourth-order valence-corrected chi connectivity index (χ4v) is 3.21. The molecule has 2 heterocycles. The number of hydrogen-bond donors (Lipinski definition) is 0. The summed E-state index contributed by atoms with van der Waals surface area (Å²) in [7, 11) is 0. The summed E-state index contributed by atoms with van der Waals surface area (Å²) in [5.74, 6) is -2.69. The van der Waals surface area contributed by atoms with E-state index in [4.69, 9.17) is 4.74 Å². The number of ether oxygens (including phenoxy) is 1. The molecule has 0 bridgehead atoms. The fourth-order valence-electron chi connectivity index (χ4n) is 3.21. The maximum atomic E-state index is 13.7. The van der Waals surface area contributed by atoms with Gasteiger partial charge in [0, 0.05) is 13.1 Å².